The lowest BCUT2D eigenvalue weighted by Crippen LogP contribution is -2.35. The first-order chi connectivity index (χ1) is 14.3. The number of esters is 1. The minimum atomic E-state index is -0.922. The van der Waals surface area contributed by atoms with Gasteiger partial charge in [-0.1, -0.05) is 48.5 Å². The number of hydrogen-bond donors (Lipinski definition) is 1. The van der Waals surface area contributed by atoms with E-state index in [0.29, 0.717) is 6.42 Å². The predicted octanol–water partition coefficient (Wildman–Crippen LogP) is 4.31. The Morgan fingerprint density at radius 1 is 0.967 bits per heavy atom. The van der Waals surface area contributed by atoms with Gasteiger partial charge in [0.25, 0.3) is 0 Å². The first kappa shape index (κ1) is 22.0. The Hall–Kier alpha value is -2.66. The van der Waals surface area contributed by atoms with E-state index in [-0.39, 0.29) is 18.9 Å². The topological polar surface area (TPSA) is 63.6 Å². The van der Waals surface area contributed by atoms with E-state index in [2.05, 4.69) is 45.4 Å². The van der Waals surface area contributed by atoms with E-state index < -0.39 is 17.9 Å². The summed E-state index contributed by atoms with van der Waals surface area (Å²) < 4.78 is 6.43. The molecule has 1 atom stereocenters. The molecule has 160 valence electrons. The van der Waals surface area contributed by atoms with Crippen molar-refractivity contribution in [1.82, 2.24) is 0 Å². The lowest BCUT2D eigenvalue weighted by atomic mass is 9.97. The first-order valence-electron chi connectivity index (χ1n) is 10.6. The van der Waals surface area contributed by atoms with Crippen LogP contribution in [0.15, 0.2) is 48.5 Å². The molecule has 3 rings (SSSR count). The van der Waals surface area contributed by atoms with Crippen LogP contribution >= 0.6 is 0 Å². The molecule has 5 heteroatoms. The Labute approximate surface area is 178 Å². The normalized spacial score (nSPS) is 14.1. The van der Waals surface area contributed by atoms with Crippen molar-refractivity contribution in [2.24, 2.45) is 5.92 Å². The third kappa shape index (κ3) is 5.48. The van der Waals surface area contributed by atoms with E-state index in [1.165, 1.54) is 11.1 Å². The van der Waals surface area contributed by atoms with Crippen molar-refractivity contribution in [1.29, 1.82) is 0 Å². The van der Waals surface area contributed by atoms with Crippen LogP contribution < -0.4 is 0 Å². The average molecular weight is 411 g/mol. The number of hydrogen-bond acceptors (Lipinski definition) is 3. The third-order valence-corrected chi connectivity index (χ3v) is 5.77. The Morgan fingerprint density at radius 3 is 2.07 bits per heavy atom. The number of carboxylic acids is 1. The zero-order valence-corrected chi connectivity index (χ0v) is 18.1. The highest BCUT2D eigenvalue weighted by atomic mass is 16.5. The Morgan fingerprint density at radius 2 is 1.53 bits per heavy atom. The number of quaternary nitrogens is 1. The van der Waals surface area contributed by atoms with Gasteiger partial charge in [-0.25, -0.2) is 0 Å². The third-order valence-electron chi connectivity index (χ3n) is 5.77. The summed E-state index contributed by atoms with van der Waals surface area (Å²) >= 11 is 0. The maximum absolute atomic E-state index is 12.4. The lowest BCUT2D eigenvalue weighted by molar-refractivity contribution is -0.870. The molecule has 2 aromatic carbocycles. The summed E-state index contributed by atoms with van der Waals surface area (Å²) in [5.74, 6) is -2.05. The summed E-state index contributed by atoms with van der Waals surface area (Å²) in [5.41, 5.74) is 4.66. The zero-order valence-electron chi connectivity index (χ0n) is 18.1. The largest absolute Gasteiger partial charge is 0.481 e. The quantitative estimate of drug-likeness (QED) is 0.360. The van der Waals surface area contributed by atoms with Crippen LogP contribution in [0.5, 0.6) is 0 Å². The lowest BCUT2D eigenvalue weighted by Gasteiger charge is -2.24. The van der Waals surface area contributed by atoms with Crippen molar-refractivity contribution in [3.8, 4) is 11.1 Å². The van der Waals surface area contributed by atoms with Crippen molar-refractivity contribution in [3.05, 3.63) is 59.7 Å². The summed E-state index contributed by atoms with van der Waals surface area (Å²) in [4.78, 5) is 24.0. The Balaban J connectivity index is 1.56. The van der Waals surface area contributed by atoms with Gasteiger partial charge in [0.15, 0.2) is 0 Å². The number of aliphatic carboxylic acids is 1. The SMILES string of the molecule is C[N+](C)(C)CCCCC(CC(=O)OCC1c2ccccc2-c2ccccc21)C(=O)O. The summed E-state index contributed by atoms with van der Waals surface area (Å²) in [6, 6.07) is 16.3. The standard InChI is InChI=1S/C25H31NO4/c1-26(2,3)15-9-8-10-18(25(28)29)16-24(27)30-17-23-21-13-6-4-11-19(21)20-12-5-7-14-22(20)23/h4-7,11-14,18,23H,8-10,15-17H2,1-3H3/p+1. The summed E-state index contributed by atoms with van der Waals surface area (Å²) in [5, 5.41) is 9.51. The summed E-state index contributed by atoms with van der Waals surface area (Å²) in [6.45, 7) is 1.22. The second kappa shape index (κ2) is 9.43. The number of nitrogens with zero attached hydrogens (tertiary/aromatic N) is 1. The van der Waals surface area contributed by atoms with Gasteiger partial charge < -0.3 is 14.3 Å². The molecule has 0 amide bonds. The average Bonchev–Trinajstić information content (AvgIpc) is 3.01. The van der Waals surface area contributed by atoms with Gasteiger partial charge in [-0.05, 0) is 41.5 Å². The molecule has 0 spiro atoms. The van der Waals surface area contributed by atoms with E-state index >= 15 is 0 Å². The molecule has 1 aliphatic carbocycles. The number of unbranched alkanes of at least 4 members (excludes halogenated alkanes) is 1. The highest BCUT2D eigenvalue weighted by molar-refractivity contribution is 5.80. The number of benzene rings is 2. The van der Waals surface area contributed by atoms with Crippen molar-refractivity contribution in [2.75, 3.05) is 34.3 Å². The van der Waals surface area contributed by atoms with Crippen LogP contribution in [-0.4, -0.2) is 55.8 Å². The van der Waals surface area contributed by atoms with Gasteiger partial charge in [0.05, 0.1) is 40.0 Å². The number of fused-ring (bicyclic) bond motifs is 3. The van der Waals surface area contributed by atoms with Crippen LogP contribution in [-0.2, 0) is 14.3 Å². The van der Waals surface area contributed by atoms with Crippen molar-refractivity contribution in [2.45, 2.75) is 31.6 Å². The number of carboxylic acid groups (broad SMARTS) is 1. The molecule has 2 aromatic rings. The predicted molar refractivity (Wildman–Crippen MR) is 117 cm³/mol. The fourth-order valence-corrected chi connectivity index (χ4v) is 4.17. The summed E-state index contributed by atoms with van der Waals surface area (Å²) in [6.07, 6.45) is 2.16. The number of carbonyl (C=O) groups excluding carboxylic acids is 1. The van der Waals surface area contributed by atoms with E-state index in [1.807, 2.05) is 24.3 Å². The van der Waals surface area contributed by atoms with Crippen molar-refractivity contribution < 1.29 is 23.9 Å². The van der Waals surface area contributed by atoms with E-state index in [9.17, 15) is 14.7 Å². The van der Waals surface area contributed by atoms with Crippen LogP contribution in [0, 0.1) is 5.92 Å². The minimum Gasteiger partial charge on any atom is -0.481 e. The molecule has 0 aromatic heterocycles. The van der Waals surface area contributed by atoms with Gasteiger partial charge in [0.1, 0.15) is 6.61 Å². The molecule has 1 N–H and O–H groups in total. The fraction of sp³-hybridized carbons (Fsp3) is 0.440. The number of carbonyl (C=O) groups is 2. The molecule has 30 heavy (non-hydrogen) atoms. The molecule has 0 bridgehead atoms. The molecule has 1 aliphatic rings. The number of rotatable bonds is 10. The first-order valence-corrected chi connectivity index (χ1v) is 10.6. The van der Waals surface area contributed by atoms with Gasteiger partial charge in [-0.15, -0.1) is 0 Å². The maximum Gasteiger partial charge on any atom is 0.307 e. The number of ether oxygens (including phenoxy) is 1. The fourth-order valence-electron chi connectivity index (χ4n) is 4.17. The molecule has 0 fully saturated rings. The van der Waals surface area contributed by atoms with Crippen LogP contribution in [0.1, 0.15) is 42.7 Å². The van der Waals surface area contributed by atoms with Gasteiger partial charge in [-0.2, -0.15) is 0 Å². The molecular formula is C25H32NO4+. The monoisotopic (exact) mass is 410 g/mol. The van der Waals surface area contributed by atoms with Crippen LogP contribution in [0.4, 0.5) is 0 Å². The molecule has 0 saturated heterocycles. The second-order valence-electron chi connectivity index (χ2n) is 9.16. The smallest absolute Gasteiger partial charge is 0.307 e. The molecule has 0 aliphatic heterocycles. The molecule has 1 unspecified atom stereocenters. The van der Waals surface area contributed by atoms with Crippen LogP contribution in [0.3, 0.4) is 0 Å². The van der Waals surface area contributed by atoms with Crippen LogP contribution in [0.25, 0.3) is 11.1 Å². The molecule has 0 saturated carbocycles. The molecule has 0 radical (unpaired) electrons. The molecular weight excluding hydrogens is 378 g/mol. The summed E-state index contributed by atoms with van der Waals surface area (Å²) in [7, 11) is 6.35. The Bertz CT molecular complexity index is 855. The van der Waals surface area contributed by atoms with Gasteiger partial charge in [-0.3, -0.25) is 9.59 Å². The highest BCUT2D eigenvalue weighted by Gasteiger charge is 2.30. The van der Waals surface area contributed by atoms with E-state index in [4.69, 9.17) is 4.74 Å². The van der Waals surface area contributed by atoms with Gasteiger partial charge >= 0.3 is 11.9 Å². The van der Waals surface area contributed by atoms with Gasteiger partial charge in [0.2, 0.25) is 0 Å². The maximum atomic E-state index is 12.4. The van der Waals surface area contributed by atoms with E-state index in [0.717, 1.165) is 35.0 Å². The van der Waals surface area contributed by atoms with Crippen LogP contribution in [0.2, 0.25) is 0 Å². The van der Waals surface area contributed by atoms with Gasteiger partial charge in [0, 0.05) is 5.92 Å². The zero-order chi connectivity index (χ0) is 21.7. The second-order valence-corrected chi connectivity index (χ2v) is 9.16. The van der Waals surface area contributed by atoms with E-state index in [1.54, 1.807) is 0 Å². The van der Waals surface area contributed by atoms with Crippen molar-refractivity contribution in [3.63, 3.8) is 0 Å². The highest BCUT2D eigenvalue weighted by Crippen LogP contribution is 2.44. The van der Waals surface area contributed by atoms with Crippen molar-refractivity contribution >= 4 is 11.9 Å². The minimum absolute atomic E-state index is 0.00539. The Kier molecular flexibility index (Phi) is 6.93. The molecule has 5 nitrogen and oxygen atoms in total. The molecule has 0 heterocycles.